The fraction of sp³-hybridized carbons (Fsp3) is 0.333. The van der Waals surface area contributed by atoms with Gasteiger partial charge in [0.05, 0.1) is 0 Å². The van der Waals surface area contributed by atoms with Crippen molar-refractivity contribution >= 4 is 27.3 Å². The third kappa shape index (κ3) is 2.79. The van der Waals surface area contributed by atoms with Gasteiger partial charge in [-0.3, -0.25) is 0 Å². The fourth-order valence-electron chi connectivity index (χ4n) is 2.28. The number of hydrogen-bond acceptors (Lipinski definition) is 3. The maximum Gasteiger partial charge on any atom is 0.165 e. The molecule has 1 aromatic heterocycles. The Morgan fingerprint density at radius 3 is 3.00 bits per heavy atom. The molecule has 0 radical (unpaired) electrons. The minimum atomic E-state index is -0.131. The summed E-state index contributed by atoms with van der Waals surface area (Å²) < 4.78 is 13.0. The largest absolute Gasteiger partial charge is 0.484 e. The van der Waals surface area contributed by atoms with Gasteiger partial charge in [0.25, 0.3) is 0 Å². The van der Waals surface area contributed by atoms with Gasteiger partial charge in [-0.25, -0.2) is 0 Å². The quantitative estimate of drug-likeness (QED) is 0.799. The standard InChI is InChI=1S/C15H15BrO2S/c1-15(2)7-10-4-3-5-13(14(10)18-15)17-8-12-6-11(16)9-19-12/h3-6,9H,7-8H2,1-2H3. The van der Waals surface area contributed by atoms with Crippen LogP contribution in [0.1, 0.15) is 24.3 Å². The van der Waals surface area contributed by atoms with E-state index in [9.17, 15) is 0 Å². The van der Waals surface area contributed by atoms with E-state index in [4.69, 9.17) is 9.47 Å². The Hall–Kier alpha value is -1.00. The van der Waals surface area contributed by atoms with Gasteiger partial charge in [0.2, 0.25) is 0 Å². The van der Waals surface area contributed by atoms with Crippen molar-refractivity contribution in [1.82, 2.24) is 0 Å². The lowest BCUT2D eigenvalue weighted by molar-refractivity contribution is 0.131. The van der Waals surface area contributed by atoms with E-state index < -0.39 is 0 Å². The van der Waals surface area contributed by atoms with E-state index in [0.29, 0.717) is 6.61 Å². The lowest BCUT2D eigenvalue weighted by Crippen LogP contribution is -2.24. The number of rotatable bonds is 3. The van der Waals surface area contributed by atoms with E-state index in [1.807, 2.05) is 12.1 Å². The molecule has 100 valence electrons. The van der Waals surface area contributed by atoms with E-state index >= 15 is 0 Å². The van der Waals surface area contributed by atoms with Crippen LogP contribution in [0.3, 0.4) is 0 Å². The van der Waals surface area contributed by atoms with Crippen LogP contribution in [0, 0.1) is 0 Å². The van der Waals surface area contributed by atoms with Crippen LogP contribution in [0.2, 0.25) is 0 Å². The Kier molecular flexibility index (Phi) is 3.31. The summed E-state index contributed by atoms with van der Waals surface area (Å²) in [6.07, 6.45) is 0.935. The summed E-state index contributed by atoms with van der Waals surface area (Å²) in [6, 6.07) is 8.20. The molecule has 1 aliphatic rings. The molecule has 4 heteroatoms. The van der Waals surface area contributed by atoms with Crippen molar-refractivity contribution in [2.24, 2.45) is 0 Å². The van der Waals surface area contributed by atoms with Gasteiger partial charge in [-0.05, 0) is 41.9 Å². The van der Waals surface area contributed by atoms with Gasteiger partial charge in [0.1, 0.15) is 12.2 Å². The molecule has 19 heavy (non-hydrogen) atoms. The van der Waals surface area contributed by atoms with E-state index in [1.54, 1.807) is 11.3 Å². The van der Waals surface area contributed by atoms with Crippen molar-refractivity contribution < 1.29 is 9.47 Å². The summed E-state index contributed by atoms with van der Waals surface area (Å²) >= 11 is 5.14. The molecule has 1 aliphatic heterocycles. The summed E-state index contributed by atoms with van der Waals surface area (Å²) in [5, 5.41) is 2.06. The molecule has 2 aromatic rings. The second-order valence-corrected chi connectivity index (χ2v) is 7.21. The first kappa shape index (κ1) is 13.0. The molecule has 0 aliphatic carbocycles. The lowest BCUT2D eigenvalue weighted by atomic mass is 10.0. The average Bonchev–Trinajstić information content (AvgIpc) is 2.88. The number of ether oxygens (including phenoxy) is 2. The number of benzene rings is 1. The number of fused-ring (bicyclic) bond motifs is 1. The van der Waals surface area contributed by atoms with Crippen LogP contribution in [0.15, 0.2) is 34.1 Å². The first-order chi connectivity index (χ1) is 9.03. The summed E-state index contributed by atoms with van der Waals surface area (Å²) in [5.41, 5.74) is 1.10. The Labute approximate surface area is 125 Å². The molecule has 0 atom stereocenters. The zero-order valence-corrected chi connectivity index (χ0v) is 13.3. The Balaban J connectivity index is 1.78. The van der Waals surface area contributed by atoms with Crippen molar-refractivity contribution in [3.8, 4) is 11.5 Å². The number of hydrogen-bond donors (Lipinski definition) is 0. The van der Waals surface area contributed by atoms with Crippen molar-refractivity contribution in [1.29, 1.82) is 0 Å². The van der Waals surface area contributed by atoms with Gasteiger partial charge < -0.3 is 9.47 Å². The van der Waals surface area contributed by atoms with Crippen molar-refractivity contribution in [3.05, 3.63) is 44.6 Å². The number of thiophene rings is 1. The zero-order chi connectivity index (χ0) is 13.5. The van der Waals surface area contributed by atoms with Crippen LogP contribution >= 0.6 is 27.3 Å². The molecule has 3 rings (SSSR count). The lowest BCUT2D eigenvalue weighted by Gasteiger charge is -2.18. The second kappa shape index (κ2) is 4.84. The SMILES string of the molecule is CC1(C)Cc2cccc(OCc3cc(Br)cs3)c2O1. The molecular weight excluding hydrogens is 324 g/mol. The second-order valence-electron chi connectivity index (χ2n) is 5.30. The van der Waals surface area contributed by atoms with Crippen LogP contribution in [-0.4, -0.2) is 5.60 Å². The highest BCUT2D eigenvalue weighted by molar-refractivity contribution is 9.10. The molecule has 0 bridgehead atoms. The molecule has 0 unspecified atom stereocenters. The zero-order valence-electron chi connectivity index (χ0n) is 10.9. The van der Waals surface area contributed by atoms with Crippen LogP contribution in [-0.2, 0) is 13.0 Å². The highest BCUT2D eigenvalue weighted by Gasteiger charge is 2.32. The Morgan fingerprint density at radius 1 is 1.42 bits per heavy atom. The Bertz CT molecular complexity index is 604. The van der Waals surface area contributed by atoms with E-state index in [1.165, 1.54) is 10.4 Å². The fourth-order valence-corrected chi connectivity index (χ4v) is 3.64. The molecule has 0 saturated carbocycles. The first-order valence-electron chi connectivity index (χ1n) is 6.20. The van der Waals surface area contributed by atoms with Gasteiger partial charge in [-0.15, -0.1) is 11.3 Å². The average molecular weight is 339 g/mol. The summed E-state index contributed by atoms with van der Waals surface area (Å²) in [6.45, 7) is 4.79. The van der Waals surface area contributed by atoms with Crippen LogP contribution in [0.25, 0.3) is 0 Å². The molecule has 2 heterocycles. The van der Waals surface area contributed by atoms with Crippen molar-refractivity contribution in [2.45, 2.75) is 32.5 Å². The Morgan fingerprint density at radius 2 is 2.26 bits per heavy atom. The molecule has 0 N–H and O–H groups in total. The van der Waals surface area contributed by atoms with Crippen LogP contribution in [0.4, 0.5) is 0 Å². The normalized spacial score (nSPS) is 15.9. The third-order valence-corrected chi connectivity index (χ3v) is 4.72. The highest BCUT2D eigenvalue weighted by Crippen LogP contribution is 2.42. The molecule has 1 aromatic carbocycles. The van der Waals surface area contributed by atoms with Crippen molar-refractivity contribution in [3.63, 3.8) is 0 Å². The number of halogens is 1. The third-order valence-electron chi connectivity index (χ3n) is 3.05. The summed E-state index contributed by atoms with van der Waals surface area (Å²) in [7, 11) is 0. The van der Waals surface area contributed by atoms with E-state index in [0.717, 1.165) is 22.4 Å². The maximum atomic E-state index is 5.99. The van der Waals surface area contributed by atoms with Gasteiger partial charge in [-0.1, -0.05) is 12.1 Å². The first-order valence-corrected chi connectivity index (χ1v) is 7.87. The topological polar surface area (TPSA) is 18.5 Å². The molecule has 0 saturated heterocycles. The van der Waals surface area contributed by atoms with Crippen LogP contribution < -0.4 is 9.47 Å². The predicted molar refractivity (Wildman–Crippen MR) is 81.2 cm³/mol. The maximum absolute atomic E-state index is 5.99. The molecule has 0 fully saturated rings. The monoisotopic (exact) mass is 338 g/mol. The molecule has 0 spiro atoms. The highest BCUT2D eigenvalue weighted by atomic mass is 79.9. The van der Waals surface area contributed by atoms with Gasteiger partial charge in [0, 0.05) is 26.7 Å². The predicted octanol–water partition coefficient (Wildman–Crippen LogP) is 4.80. The van der Waals surface area contributed by atoms with E-state index in [-0.39, 0.29) is 5.60 Å². The molecule has 2 nitrogen and oxygen atoms in total. The van der Waals surface area contributed by atoms with Gasteiger partial charge >= 0.3 is 0 Å². The van der Waals surface area contributed by atoms with E-state index in [2.05, 4.69) is 47.3 Å². The van der Waals surface area contributed by atoms with Crippen LogP contribution in [0.5, 0.6) is 11.5 Å². The van der Waals surface area contributed by atoms with Gasteiger partial charge in [0.15, 0.2) is 11.5 Å². The smallest absolute Gasteiger partial charge is 0.165 e. The van der Waals surface area contributed by atoms with Gasteiger partial charge in [-0.2, -0.15) is 0 Å². The summed E-state index contributed by atoms with van der Waals surface area (Å²) in [4.78, 5) is 1.20. The number of para-hydroxylation sites is 1. The minimum absolute atomic E-state index is 0.131. The minimum Gasteiger partial charge on any atom is -0.484 e. The van der Waals surface area contributed by atoms with Crippen molar-refractivity contribution in [2.75, 3.05) is 0 Å². The molecule has 0 amide bonds. The summed E-state index contributed by atoms with van der Waals surface area (Å²) in [5.74, 6) is 1.75. The molecular formula is C15H15BrO2S.